The van der Waals surface area contributed by atoms with Crippen LogP contribution in [0.4, 0.5) is 4.39 Å². The Morgan fingerprint density at radius 2 is 1.80 bits per heavy atom. The summed E-state index contributed by atoms with van der Waals surface area (Å²) in [6.07, 6.45) is 6.03. The van der Waals surface area contributed by atoms with E-state index in [0.29, 0.717) is 60.3 Å². The standard InChI is InChI=1S/C33H40FN5O5/c1-19-22-9-8-16-42-29(22)24(34)17-23(19)28-27(30-32(41)44-33(3,4)43-30)20(2)35-26-18-25(36-39(26)28)31(40)38-14-10-21(11-15-38)37-12-6-5-7-13-37/h17-18,21,30H,5-16H2,1-4H3. The fourth-order valence-electron chi connectivity index (χ4n) is 7.42. The van der Waals surface area contributed by atoms with E-state index in [1.165, 1.54) is 25.3 Å². The number of carbonyl (C=O) groups is 2. The third-order valence-corrected chi connectivity index (χ3v) is 9.62. The first kappa shape index (κ1) is 29.2. The van der Waals surface area contributed by atoms with E-state index in [1.54, 1.807) is 31.4 Å². The molecule has 3 aromatic rings. The summed E-state index contributed by atoms with van der Waals surface area (Å²) in [7, 11) is 0. The lowest BCUT2D eigenvalue weighted by Gasteiger charge is -2.40. The minimum atomic E-state index is -1.14. The molecular weight excluding hydrogens is 565 g/mol. The lowest BCUT2D eigenvalue weighted by Crippen LogP contribution is -2.48. The van der Waals surface area contributed by atoms with Crippen LogP contribution in [0.1, 0.15) is 91.3 Å². The van der Waals surface area contributed by atoms with Crippen molar-refractivity contribution in [1.29, 1.82) is 0 Å². The third-order valence-electron chi connectivity index (χ3n) is 9.62. The molecule has 0 spiro atoms. The molecule has 4 aliphatic heterocycles. The number of fused-ring (bicyclic) bond motifs is 2. The van der Waals surface area contributed by atoms with Crippen LogP contribution in [-0.4, -0.2) is 80.9 Å². The highest BCUT2D eigenvalue weighted by Crippen LogP contribution is 2.44. The number of amides is 1. The Balaban J connectivity index is 1.31. The van der Waals surface area contributed by atoms with Crippen molar-refractivity contribution in [3.8, 4) is 17.0 Å². The number of likely N-dealkylation sites (tertiary alicyclic amines) is 2. The number of halogens is 1. The Bertz CT molecular complexity index is 1640. The molecule has 1 atom stereocenters. The van der Waals surface area contributed by atoms with Crippen LogP contribution in [0.25, 0.3) is 16.9 Å². The van der Waals surface area contributed by atoms with Crippen molar-refractivity contribution >= 4 is 17.5 Å². The van der Waals surface area contributed by atoms with Crippen LogP contribution in [0.5, 0.6) is 5.75 Å². The minimum absolute atomic E-state index is 0.155. The number of hydrogen-bond acceptors (Lipinski definition) is 8. The summed E-state index contributed by atoms with van der Waals surface area (Å²) in [6, 6.07) is 3.63. The number of carbonyl (C=O) groups excluding carboxylic acids is 2. The normalized spacial score (nSPS) is 22.6. The molecule has 1 aromatic carbocycles. The van der Waals surface area contributed by atoms with Crippen LogP contribution in [0, 0.1) is 19.7 Å². The maximum atomic E-state index is 15.6. The van der Waals surface area contributed by atoms with Crippen molar-refractivity contribution < 1.29 is 28.2 Å². The molecule has 3 saturated heterocycles. The fraction of sp³-hybridized carbons (Fsp3) is 0.576. The predicted molar refractivity (Wildman–Crippen MR) is 160 cm³/mol. The van der Waals surface area contributed by atoms with Gasteiger partial charge in [-0.2, -0.15) is 5.10 Å². The van der Waals surface area contributed by atoms with Crippen LogP contribution >= 0.6 is 0 Å². The smallest absolute Gasteiger partial charge is 0.342 e. The molecule has 0 radical (unpaired) electrons. The number of rotatable bonds is 4. The van der Waals surface area contributed by atoms with Crippen molar-refractivity contribution in [1.82, 2.24) is 24.4 Å². The van der Waals surface area contributed by atoms with Gasteiger partial charge >= 0.3 is 5.97 Å². The van der Waals surface area contributed by atoms with Gasteiger partial charge in [0.25, 0.3) is 5.91 Å². The topological polar surface area (TPSA) is 98.5 Å². The second-order valence-electron chi connectivity index (χ2n) is 13.0. The van der Waals surface area contributed by atoms with Crippen LogP contribution in [0.3, 0.4) is 0 Å². The predicted octanol–water partition coefficient (Wildman–Crippen LogP) is 4.92. The maximum absolute atomic E-state index is 15.6. The molecule has 10 nitrogen and oxygen atoms in total. The first-order valence-corrected chi connectivity index (χ1v) is 15.9. The molecule has 11 heteroatoms. The van der Waals surface area contributed by atoms with Crippen LogP contribution in [0.2, 0.25) is 0 Å². The quantitative estimate of drug-likeness (QED) is 0.387. The Morgan fingerprint density at radius 3 is 2.50 bits per heavy atom. The van der Waals surface area contributed by atoms with Gasteiger partial charge in [0, 0.05) is 61.4 Å². The Kier molecular flexibility index (Phi) is 7.36. The molecule has 3 fully saturated rings. The number of cyclic esters (lactones) is 1. The molecule has 0 N–H and O–H groups in total. The van der Waals surface area contributed by atoms with Crippen molar-refractivity contribution in [2.75, 3.05) is 32.8 Å². The summed E-state index contributed by atoms with van der Waals surface area (Å²) >= 11 is 0. The second-order valence-corrected chi connectivity index (χ2v) is 13.0. The van der Waals surface area contributed by atoms with Crippen LogP contribution < -0.4 is 4.74 Å². The number of benzene rings is 1. The van der Waals surface area contributed by atoms with Crippen LogP contribution in [-0.2, 0) is 20.7 Å². The number of aromatic nitrogens is 3. The number of esters is 1. The molecule has 1 unspecified atom stereocenters. The summed E-state index contributed by atoms with van der Waals surface area (Å²) in [5.41, 5.74) is 4.27. The molecule has 1 amide bonds. The van der Waals surface area contributed by atoms with Crippen LogP contribution in [0.15, 0.2) is 12.1 Å². The number of aryl methyl sites for hydroxylation is 1. The lowest BCUT2D eigenvalue weighted by atomic mass is 9.91. The number of nitrogens with zero attached hydrogens (tertiary/aromatic N) is 5. The van der Waals surface area contributed by atoms with Gasteiger partial charge in [-0.05, 0) is 77.1 Å². The molecule has 234 valence electrons. The third kappa shape index (κ3) is 5.03. The van der Waals surface area contributed by atoms with Crippen molar-refractivity contribution in [2.24, 2.45) is 0 Å². The van der Waals surface area contributed by atoms with E-state index in [4.69, 9.17) is 24.3 Å². The van der Waals surface area contributed by atoms with Gasteiger partial charge in [-0.25, -0.2) is 18.7 Å². The summed E-state index contributed by atoms with van der Waals surface area (Å²) in [5.74, 6) is -2.07. The molecule has 0 saturated carbocycles. The van der Waals surface area contributed by atoms with E-state index >= 15 is 4.39 Å². The van der Waals surface area contributed by atoms with Gasteiger partial charge in [-0.3, -0.25) is 4.79 Å². The summed E-state index contributed by atoms with van der Waals surface area (Å²) in [6.45, 7) is 11.1. The zero-order valence-electron chi connectivity index (χ0n) is 25.9. The summed E-state index contributed by atoms with van der Waals surface area (Å²) in [5, 5.41) is 4.78. The number of hydrogen-bond donors (Lipinski definition) is 0. The van der Waals surface area contributed by atoms with E-state index in [9.17, 15) is 9.59 Å². The van der Waals surface area contributed by atoms with Gasteiger partial charge in [0.1, 0.15) is 0 Å². The van der Waals surface area contributed by atoms with Crippen molar-refractivity contribution in [2.45, 2.75) is 90.6 Å². The van der Waals surface area contributed by atoms with E-state index in [-0.39, 0.29) is 17.4 Å². The monoisotopic (exact) mass is 605 g/mol. The molecule has 6 heterocycles. The van der Waals surface area contributed by atoms with Gasteiger partial charge in [-0.15, -0.1) is 0 Å². The van der Waals surface area contributed by atoms with E-state index in [1.807, 2.05) is 11.8 Å². The van der Waals surface area contributed by atoms with E-state index in [0.717, 1.165) is 43.5 Å². The zero-order chi connectivity index (χ0) is 30.7. The largest absolute Gasteiger partial charge is 0.490 e. The SMILES string of the molecule is Cc1nc2cc(C(=O)N3CCC(N4CCCCC4)CC3)nn2c(-c2cc(F)c3c(c2C)CCCO3)c1C1OC(C)(C)OC1=O. The lowest BCUT2D eigenvalue weighted by molar-refractivity contribution is -0.160. The van der Waals surface area contributed by atoms with Gasteiger partial charge in [-0.1, -0.05) is 6.42 Å². The first-order chi connectivity index (χ1) is 21.1. The summed E-state index contributed by atoms with van der Waals surface area (Å²) in [4.78, 5) is 36.2. The number of ether oxygens (including phenoxy) is 3. The molecule has 0 aliphatic carbocycles. The summed E-state index contributed by atoms with van der Waals surface area (Å²) < 4.78 is 34.5. The Hall–Kier alpha value is -3.57. The highest BCUT2D eigenvalue weighted by atomic mass is 19.1. The molecular formula is C33H40FN5O5. The zero-order valence-corrected chi connectivity index (χ0v) is 25.9. The Morgan fingerprint density at radius 1 is 1.05 bits per heavy atom. The second kappa shape index (κ2) is 11.1. The highest BCUT2D eigenvalue weighted by molar-refractivity contribution is 5.94. The minimum Gasteiger partial charge on any atom is -0.490 e. The van der Waals surface area contributed by atoms with Gasteiger partial charge in [0.2, 0.25) is 5.79 Å². The fourth-order valence-corrected chi connectivity index (χ4v) is 7.42. The van der Waals surface area contributed by atoms with Crippen molar-refractivity contribution in [3.05, 3.63) is 46.0 Å². The maximum Gasteiger partial charge on any atom is 0.342 e. The molecule has 2 aromatic heterocycles. The van der Waals surface area contributed by atoms with Gasteiger partial charge < -0.3 is 24.0 Å². The van der Waals surface area contributed by atoms with E-state index < -0.39 is 23.7 Å². The first-order valence-electron chi connectivity index (χ1n) is 15.9. The average molecular weight is 606 g/mol. The highest BCUT2D eigenvalue weighted by Gasteiger charge is 2.45. The molecule has 4 aliphatic rings. The molecule has 0 bridgehead atoms. The number of piperidine rings is 2. The molecule has 7 rings (SSSR count). The Labute approximate surface area is 256 Å². The van der Waals surface area contributed by atoms with Gasteiger partial charge in [0.15, 0.2) is 29.0 Å². The van der Waals surface area contributed by atoms with Crippen molar-refractivity contribution in [3.63, 3.8) is 0 Å². The average Bonchev–Trinajstić information content (AvgIpc) is 3.57. The molecule has 44 heavy (non-hydrogen) atoms. The van der Waals surface area contributed by atoms with Gasteiger partial charge in [0.05, 0.1) is 12.3 Å². The van der Waals surface area contributed by atoms with E-state index in [2.05, 4.69) is 4.90 Å².